The lowest BCUT2D eigenvalue weighted by Gasteiger charge is -2.11. The van der Waals surface area contributed by atoms with Crippen molar-refractivity contribution in [2.75, 3.05) is 17.7 Å². The zero-order valence-electron chi connectivity index (χ0n) is 11.4. The van der Waals surface area contributed by atoms with Gasteiger partial charge >= 0.3 is 0 Å². The van der Waals surface area contributed by atoms with Gasteiger partial charge in [0.05, 0.1) is 10.3 Å². The Bertz CT molecular complexity index is 773. The van der Waals surface area contributed by atoms with Crippen LogP contribution in [0.5, 0.6) is 0 Å². The fraction of sp³-hybridized carbons (Fsp3) is 0.267. The van der Waals surface area contributed by atoms with E-state index in [1.54, 1.807) is 18.2 Å². The monoisotopic (exact) mass is 304 g/mol. The van der Waals surface area contributed by atoms with Crippen LogP contribution in [0.4, 0.5) is 11.4 Å². The molecule has 0 aliphatic carbocycles. The second kappa shape index (κ2) is 5.00. The molecule has 0 amide bonds. The third kappa shape index (κ3) is 2.14. The van der Waals surface area contributed by atoms with E-state index in [9.17, 15) is 14.9 Å². The summed E-state index contributed by atoms with van der Waals surface area (Å²) in [5, 5.41) is 15.8. The number of carbonyl (C=O) groups excluding carboxylic acids is 1. The Morgan fingerprint density at radius 1 is 1.43 bits per heavy atom. The Kier molecular flexibility index (Phi) is 3.29. The predicted octanol–water partition coefficient (Wildman–Crippen LogP) is 3.70. The molecule has 0 radical (unpaired) electrons. The molecular formula is C15H13ClN2O3. The topological polar surface area (TPSA) is 72.2 Å². The number of fused-ring (bicyclic) bond motifs is 3. The number of rotatable bonds is 3. The fourth-order valence-corrected chi connectivity index (χ4v) is 3.11. The molecule has 2 aromatic rings. The maximum absolute atomic E-state index is 11.5. The van der Waals surface area contributed by atoms with Crippen molar-refractivity contribution < 1.29 is 9.72 Å². The third-order valence-electron chi connectivity index (χ3n) is 3.89. The van der Waals surface area contributed by atoms with Gasteiger partial charge < -0.3 is 5.32 Å². The summed E-state index contributed by atoms with van der Waals surface area (Å²) in [6.45, 7) is 2.12. The molecule has 1 N–H and O–H groups in total. The summed E-state index contributed by atoms with van der Waals surface area (Å²) >= 11 is 5.99. The molecule has 0 bridgehead atoms. The number of nitro groups is 1. The summed E-state index contributed by atoms with van der Waals surface area (Å²) in [6, 6.07) is 6.62. The summed E-state index contributed by atoms with van der Waals surface area (Å²) in [5.41, 5.74) is 2.24. The van der Waals surface area contributed by atoms with Crippen LogP contribution in [0.3, 0.4) is 0 Å². The third-order valence-corrected chi connectivity index (χ3v) is 4.27. The van der Waals surface area contributed by atoms with Crippen molar-refractivity contribution in [3.8, 4) is 0 Å². The van der Waals surface area contributed by atoms with Crippen LogP contribution < -0.4 is 5.32 Å². The van der Waals surface area contributed by atoms with Crippen molar-refractivity contribution in [2.45, 2.75) is 12.8 Å². The van der Waals surface area contributed by atoms with Gasteiger partial charge in [-0.25, -0.2) is 0 Å². The highest BCUT2D eigenvalue weighted by Crippen LogP contribution is 2.42. The fourth-order valence-electron chi connectivity index (χ4n) is 2.85. The van der Waals surface area contributed by atoms with Crippen molar-refractivity contribution in [3.63, 3.8) is 0 Å². The lowest BCUT2D eigenvalue weighted by Crippen LogP contribution is -2.03. The van der Waals surface area contributed by atoms with Crippen molar-refractivity contribution in [1.82, 2.24) is 0 Å². The first kappa shape index (κ1) is 13.8. The lowest BCUT2D eigenvalue weighted by atomic mass is 9.93. The second-order valence-electron chi connectivity index (χ2n) is 5.16. The van der Waals surface area contributed by atoms with Gasteiger partial charge in [-0.2, -0.15) is 0 Å². The Hall–Kier alpha value is -2.14. The van der Waals surface area contributed by atoms with E-state index in [-0.39, 0.29) is 17.4 Å². The quantitative estimate of drug-likeness (QED) is 0.406. The highest BCUT2D eigenvalue weighted by molar-refractivity contribution is 6.19. The van der Waals surface area contributed by atoms with Gasteiger partial charge in [0.25, 0.3) is 5.69 Å². The number of nitro benzene ring substituents is 1. The SMILES string of the molecule is CC(=O)c1ccc2c3c(cc([N+](=O)[O-])c2c1)NCC3CCl. The van der Waals surface area contributed by atoms with Gasteiger partial charge in [-0.05, 0) is 23.9 Å². The van der Waals surface area contributed by atoms with Gasteiger partial charge in [0.15, 0.2) is 5.78 Å². The van der Waals surface area contributed by atoms with Gasteiger partial charge in [-0.1, -0.05) is 12.1 Å². The van der Waals surface area contributed by atoms with Crippen LogP contribution >= 0.6 is 11.6 Å². The van der Waals surface area contributed by atoms with E-state index < -0.39 is 4.92 Å². The number of halogens is 1. The first-order chi connectivity index (χ1) is 10.0. The van der Waals surface area contributed by atoms with E-state index in [2.05, 4.69) is 5.32 Å². The van der Waals surface area contributed by atoms with Gasteiger partial charge in [-0.15, -0.1) is 11.6 Å². The number of carbonyl (C=O) groups is 1. The molecule has 0 saturated carbocycles. The summed E-state index contributed by atoms with van der Waals surface area (Å²) in [5.74, 6) is 0.452. The molecule has 0 saturated heterocycles. The number of Topliss-reactive ketones (excluding diaryl/α,β-unsaturated/α-hetero) is 1. The number of hydrogen-bond donors (Lipinski definition) is 1. The minimum absolute atomic E-state index is 0.00886. The minimum atomic E-state index is -0.414. The highest BCUT2D eigenvalue weighted by atomic mass is 35.5. The normalized spacial score (nSPS) is 16.6. The molecule has 2 aromatic carbocycles. The Labute approximate surface area is 126 Å². The summed E-state index contributed by atoms with van der Waals surface area (Å²) in [7, 11) is 0. The molecule has 0 fully saturated rings. The molecule has 21 heavy (non-hydrogen) atoms. The van der Waals surface area contributed by atoms with Crippen LogP contribution in [0.15, 0.2) is 24.3 Å². The maximum Gasteiger partial charge on any atom is 0.279 e. The summed E-state index contributed by atoms with van der Waals surface area (Å²) in [4.78, 5) is 22.4. The van der Waals surface area contributed by atoms with Crippen LogP contribution in [-0.2, 0) is 0 Å². The van der Waals surface area contributed by atoms with Crippen LogP contribution in [0.2, 0.25) is 0 Å². The average molecular weight is 305 g/mol. The standard InChI is InChI=1S/C15H13ClN2O3/c1-8(19)9-2-3-11-12(4-9)14(18(20)21)5-13-15(11)10(6-16)7-17-13/h2-5,10,17H,6-7H2,1H3. The molecule has 0 aromatic heterocycles. The first-order valence-corrected chi connectivity index (χ1v) is 7.12. The number of benzene rings is 2. The summed E-state index contributed by atoms with van der Waals surface area (Å²) < 4.78 is 0. The molecule has 0 spiro atoms. The van der Waals surface area contributed by atoms with E-state index in [4.69, 9.17) is 11.6 Å². The van der Waals surface area contributed by atoms with Gasteiger partial charge in [0.2, 0.25) is 0 Å². The van der Waals surface area contributed by atoms with Crippen molar-refractivity contribution in [3.05, 3.63) is 45.5 Å². The molecule has 1 atom stereocenters. The first-order valence-electron chi connectivity index (χ1n) is 6.58. The predicted molar refractivity (Wildman–Crippen MR) is 82.6 cm³/mol. The number of anilines is 1. The number of non-ortho nitro benzene ring substituents is 1. The molecule has 1 aliphatic heterocycles. The number of hydrogen-bond acceptors (Lipinski definition) is 4. The molecule has 1 aliphatic rings. The van der Waals surface area contributed by atoms with Crippen molar-refractivity contribution in [2.24, 2.45) is 0 Å². The van der Waals surface area contributed by atoms with Gasteiger partial charge in [0.1, 0.15) is 0 Å². The average Bonchev–Trinajstić information content (AvgIpc) is 2.88. The Morgan fingerprint density at radius 3 is 2.81 bits per heavy atom. The molecule has 1 unspecified atom stereocenters. The highest BCUT2D eigenvalue weighted by Gasteiger charge is 2.28. The number of nitrogens with zero attached hydrogens (tertiary/aromatic N) is 1. The van der Waals surface area contributed by atoms with E-state index in [0.29, 0.717) is 23.4 Å². The Morgan fingerprint density at radius 2 is 2.19 bits per heavy atom. The minimum Gasteiger partial charge on any atom is -0.384 e. The van der Waals surface area contributed by atoms with E-state index in [1.807, 2.05) is 0 Å². The van der Waals surface area contributed by atoms with E-state index in [1.165, 1.54) is 13.0 Å². The molecular weight excluding hydrogens is 292 g/mol. The van der Waals surface area contributed by atoms with Crippen LogP contribution in [0.25, 0.3) is 10.8 Å². The van der Waals surface area contributed by atoms with Gasteiger partial charge in [-0.3, -0.25) is 14.9 Å². The maximum atomic E-state index is 11.5. The molecule has 6 heteroatoms. The van der Waals surface area contributed by atoms with Gasteiger partial charge in [0, 0.05) is 35.7 Å². The molecule has 1 heterocycles. The molecule has 5 nitrogen and oxygen atoms in total. The largest absolute Gasteiger partial charge is 0.384 e. The number of ketones is 1. The molecule has 3 rings (SSSR count). The zero-order chi connectivity index (χ0) is 15.1. The van der Waals surface area contributed by atoms with E-state index >= 15 is 0 Å². The van der Waals surface area contributed by atoms with E-state index in [0.717, 1.165) is 16.6 Å². The number of nitrogens with one attached hydrogen (secondary N) is 1. The van der Waals surface area contributed by atoms with Crippen molar-refractivity contribution in [1.29, 1.82) is 0 Å². The second-order valence-corrected chi connectivity index (χ2v) is 5.47. The van der Waals surface area contributed by atoms with Crippen LogP contribution in [-0.4, -0.2) is 23.1 Å². The van der Waals surface area contributed by atoms with Crippen molar-refractivity contribution >= 4 is 39.5 Å². The number of alkyl halides is 1. The zero-order valence-corrected chi connectivity index (χ0v) is 12.1. The summed E-state index contributed by atoms with van der Waals surface area (Å²) in [6.07, 6.45) is 0. The molecule has 108 valence electrons. The smallest absolute Gasteiger partial charge is 0.279 e. The Balaban J connectivity index is 2.37. The van der Waals surface area contributed by atoms with Crippen LogP contribution in [0, 0.1) is 10.1 Å². The lowest BCUT2D eigenvalue weighted by molar-refractivity contribution is -0.383. The van der Waals surface area contributed by atoms with Crippen LogP contribution in [0.1, 0.15) is 28.8 Å².